The van der Waals surface area contributed by atoms with Gasteiger partial charge in [-0.05, 0) is 43.5 Å². The molecule has 2 aromatic heterocycles. The van der Waals surface area contributed by atoms with Gasteiger partial charge in [0.05, 0.1) is 5.56 Å². The predicted octanol–water partition coefficient (Wildman–Crippen LogP) is 3.02. The van der Waals surface area contributed by atoms with E-state index in [0.29, 0.717) is 11.4 Å². The largest absolute Gasteiger partial charge is 0.350 e. The normalized spacial score (nSPS) is 11.9. The van der Waals surface area contributed by atoms with Gasteiger partial charge in [0.1, 0.15) is 0 Å². The SMILES string of the molecule is CC(CCc1ccccc1)NC(=O)c1ccc(-n2cccn2)nc1. The van der Waals surface area contributed by atoms with Crippen LogP contribution in [0.3, 0.4) is 0 Å². The lowest BCUT2D eigenvalue weighted by Gasteiger charge is -2.14. The number of carbonyl (C=O) groups excluding carboxylic acids is 1. The molecule has 0 aliphatic rings. The van der Waals surface area contributed by atoms with Gasteiger partial charge in [-0.3, -0.25) is 4.79 Å². The molecule has 24 heavy (non-hydrogen) atoms. The van der Waals surface area contributed by atoms with Crippen molar-refractivity contribution < 1.29 is 4.79 Å². The van der Waals surface area contributed by atoms with E-state index in [2.05, 4.69) is 27.5 Å². The molecule has 1 unspecified atom stereocenters. The van der Waals surface area contributed by atoms with Crippen molar-refractivity contribution in [2.45, 2.75) is 25.8 Å². The van der Waals surface area contributed by atoms with E-state index < -0.39 is 0 Å². The van der Waals surface area contributed by atoms with Gasteiger partial charge in [-0.15, -0.1) is 0 Å². The van der Waals surface area contributed by atoms with Crippen LogP contribution in [0.1, 0.15) is 29.3 Å². The number of amides is 1. The molecular weight excluding hydrogens is 300 g/mol. The fourth-order valence-electron chi connectivity index (χ4n) is 2.47. The first kappa shape index (κ1) is 15.9. The van der Waals surface area contributed by atoms with E-state index in [1.807, 2.05) is 37.4 Å². The second kappa shape index (κ2) is 7.55. The quantitative estimate of drug-likeness (QED) is 0.759. The van der Waals surface area contributed by atoms with Gasteiger partial charge in [0.15, 0.2) is 5.82 Å². The fraction of sp³-hybridized carbons (Fsp3) is 0.211. The molecule has 0 spiro atoms. The van der Waals surface area contributed by atoms with E-state index in [4.69, 9.17) is 0 Å². The molecule has 1 amide bonds. The number of benzene rings is 1. The minimum atomic E-state index is -0.102. The average molecular weight is 320 g/mol. The van der Waals surface area contributed by atoms with E-state index in [1.165, 1.54) is 5.56 Å². The van der Waals surface area contributed by atoms with Crippen LogP contribution >= 0.6 is 0 Å². The number of carbonyl (C=O) groups is 1. The molecule has 1 atom stereocenters. The molecule has 0 radical (unpaired) electrons. The summed E-state index contributed by atoms with van der Waals surface area (Å²) in [6.07, 6.45) is 6.92. The van der Waals surface area contributed by atoms with Crippen LogP contribution in [0.15, 0.2) is 67.1 Å². The van der Waals surface area contributed by atoms with Gasteiger partial charge in [-0.2, -0.15) is 5.10 Å². The Morgan fingerprint density at radius 2 is 2.00 bits per heavy atom. The van der Waals surface area contributed by atoms with Gasteiger partial charge in [-0.25, -0.2) is 9.67 Å². The van der Waals surface area contributed by atoms with Crippen LogP contribution in [0.5, 0.6) is 0 Å². The molecule has 5 nitrogen and oxygen atoms in total. The molecule has 0 aliphatic carbocycles. The standard InChI is InChI=1S/C19H20N4O/c1-15(8-9-16-6-3-2-4-7-16)22-19(24)17-10-11-18(20-14-17)23-13-5-12-21-23/h2-7,10-15H,8-9H2,1H3,(H,22,24). The third-order valence-electron chi connectivity index (χ3n) is 3.84. The summed E-state index contributed by atoms with van der Waals surface area (Å²) in [4.78, 5) is 16.6. The van der Waals surface area contributed by atoms with Crippen molar-refractivity contribution in [2.24, 2.45) is 0 Å². The van der Waals surface area contributed by atoms with Crippen LogP contribution in [0.25, 0.3) is 5.82 Å². The number of rotatable bonds is 6. The minimum absolute atomic E-state index is 0.100. The molecular formula is C19H20N4O. The maximum absolute atomic E-state index is 12.3. The van der Waals surface area contributed by atoms with E-state index in [-0.39, 0.29) is 11.9 Å². The number of hydrogen-bond acceptors (Lipinski definition) is 3. The van der Waals surface area contributed by atoms with Gasteiger partial charge in [0.2, 0.25) is 0 Å². The van der Waals surface area contributed by atoms with Crippen LogP contribution in [0, 0.1) is 0 Å². The van der Waals surface area contributed by atoms with E-state index in [1.54, 1.807) is 29.2 Å². The minimum Gasteiger partial charge on any atom is -0.350 e. The van der Waals surface area contributed by atoms with Crippen molar-refractivity contribution in [2.75, 3.05) is 0 Å². The Morgan fingerprint density at radius 3 is 2.67 bits per heavy atom. The van der Waals surface area contributed by atoms with Gasteiger partial charge in [0, 0.05) is 24.6 Å². The zero-order chi connectivity index (χ0) is 16.8. The zero-order valence-electron chi connectivity index (χ0n) is 13.6. The molecule has 0 aliphatic heterocycles. The van der Waals surface area contributed by atoms with Crippen LogP contribution < -0.4 is 5.32 Å². The molecule has 3 rings (SSSR count). The molecule has 5 heteroatoms. The molecule has 2 heterocycles. The zero-order valence-corrected chi connectivity index (χ0v) is 13.6. The van der Waals surface area contributed by atoms with E-state index >= 15 is 0 Å². The Hall–Kier alpha value is -2.95. The molecule has 122 valence electrons. The summed E-state index contributed by atoms with van der Waals surface area (Å²) >= 11 is 0. The van der Waals surface area contributed by atoms with Crippen molar-refractivity contribution >= 4 is 5.91 Å². The Labute approximate surface area is 141 Å². The third-order valence-corrected chi connectivity index (χ3v) is 3.84. The first-order valence-electron chi connectivity index (χ1n) is 8.03. The first-order chi connectivity index (χ1) is 11.7. The van der Waals surface area contributed by atoms with Crippen LogP contribution in [0.2, 0.25) is 0 Å². The van der Waals surface area contributed by atoms with Crippen molar-refractivity contribution in [3.05, 3.63) is 78.2 Å². The summed E-state index contributed by atoms with van der Waals surface area (Å²) in [5.41, 5.74) is 1.83. The van der Waals surface area contributed by atoms with Crippen molar-refractivity contribution in [3.8, 4) is 5.82 Å². The van der Waals surface area contributed by atoms with Crippen LogP contribution in [-0.2, 0) is 6.42 Å². The van der Waals surface area contributed by atoms with E-state index in [9.17, 15) is 4.79 Å². The lowest BCUT2D eigenvalue weighted by atomic mass is 10.1. The van der Waals surface area contributed by atoms with E-state index in [0.717, 1.165) is 12.8 Å². The number of aryl methyl sites for hydroxylation is 1. The Balaban J connectivity index is 1.54. The summed E-state index contributed by atoms with van der Waals surface area (Å²) in [6.45, 7) is 2.02. The second-order valence-electron chi connectivity index (χ2n) is 5.75. The molecule has 0 bridgehead atoms. The first-order valence-corrected chi connectivity index (χ1v) is 8.03. The number of hydrogen-bond donors (Lipinski definition) is 1. The number of nitrogens with zero attached hydrogens (tertiary/aromatic N) is 3. The highest BCUT2D eigenvalue weighted by Crippen LogP contribution is 2.07. The monoisotopic (exact) mass is 320 g/mol. The lowest BCUT2D eigenvalue weighted by molar-refractivity contribution is 0.0938. The van der Waals surface area contributed by atoms with Crippen molar-refractivity contribution in [1.29, 1.82) is 0 Å². The maximum atomic E-state index is 12.3. The van der Waals surface area contributed by atoms with Gasteiger partial charge in [-0.1, -0.05) is 30.3 Å². The average Bonchev–Trinajstić information content (AvgIpc) is 3.16. The number of pyridine rings is 1. The topological polar surface area (TPSA) is 59.8 Å². The molecule has 0 saturated carbocycles. The molecule has 1 aromatic carbocycles. The smallest absolute Gasteiger partial charge is 0.253 e. The molecule has 0 saturated heterocycles. The highest BCUT2D eigenvalue weighted by molar-refractivity contribution is 5.94. The highest BCUT2D eigenvalue weighted by atomic mass is 16.1. The Bertz CT molecular complexity index is 767. The summed E-state index contributed by atoms with van der Waals surface area (Å²) < 4.78 is 1.66. The maximum Gasteiger partial charge on any atom is 0.253 e. The summed E-state index contributed by atoms with van der Waals surface area (Å²) in [5.74, 6) is 0.587. The number of nitrogens with one attached hydrogen (secondary N) is 1. The van der Waals surface area contributed by atoms with Crippen LogP contribution in [-0.4, -0.2) is 26.7 Å². The summed E-state index contributed by atoms with van der Waals surface area (Å²) in [5, 5.41) is 7.14. The van der Waals surface area contributed by atoms with Gasteiger partial charge < -0.3 is 5.32 Å². The molecule has 0 fully saturated rings. The predicted molar refractivity (Wildman–Crippen MR) is 93.1 cm³/mol. The number of aromatic nitrogens is 3. The molecule has 3 aromatic rings. The van der Waals surface area contributed by atoms with Crippen molar-refractivity contribution in [3.63, 3.8) is 0 Å². The lowest BCUT2D eigenvalue weighted by Crippen LogP contribution is -2.33. The summed E-state index contributed by atoms with van der Waals surface area (Å²) in [6, 6.07) is 15.8. The Kier molecular flexibility index (Phi) is 5.01. The van der Waals surface area contributed by atoms with Gasteiger partial charge >= 0.3 is 0 Å². The fourth-order valence-corrected chi connectivity index (χ4v) is 2.47. The second-order valence-corrected chi connectivity index (χ2v) is 5.75. The highest BCUT2D eigenvalue weighted by Gasteiger charge is 2.10. The van der Waals surface area contributed by atoms with Crippen LogP contribution in [0.4, 0.5) is 0 Å². The van der Waals surface area contributed by atoms with Gasteiger partial charge in [0.25, 0.3) is 5.91 Å². The molecule has 1 N–H and O–H groups in total. The Morgan fingerprint density at radius 1 is 1.17 bits per heavy atom. The summed E-state index contributed by atoms with van der Waals surface area (Å²) in [7, 11) is 0. The third kappa shape index (κ3) is 4.07. The van der Waals surface area contributed by atoms with Crippen molar-refractivity contribution in [1.82, 2.24) is 20.1 Å².